The molecule has 23 heavy (non-hydrogen) atoms. The Bertz CT molecular complexity index is 872. The summed E-state index contributed by atoms with van der Waals surface area (Å²) in [6, 6.07) is 9.80. The van der Waals surface area contributed by atoms with Crippen LogP contribution in [0.5, 0.6) is 0 Å². The third-order valence-electron chi connectivity index (χ3n) is 3.91. The van der Waals surface area contributed by atoms with Crippen molar-refractivity contribution in [1.29, 1.82) is 0 Å². The van der Waals surface area contributed by atoms with E-state index in [1.165, 1.54) is 10.4 Å². The molecule has 0 spiro atoms. The van der Waals surface area contributed by atoms with Crippen LogP contribution < -0.4 is 0 Å². The predicted octanol–water partition coefficient (Wildman–Crippen LogP) is 3.29. The third-order valence-corrected chi connectivity index (χ3v) is 5.60. The lowest BCUT2D eigenvalue weighted by Crippen LogP contribution is -2.35. The van der Waals surface area contributed by atoms with Crippen LogP contribution in [0.1, 0.15) is 20.9 Å². The van der Waals surface area contributed by atoms with E-state index in [9.17, 15) is 4.79 Å². The van der Waals surface area contributed by atoms with Crippen LogP contribution >= 0.6 is 27.3 Å². The summed E-state index contributed by atoms with van der Waals surface area (Å²) in [5.74, 6) is -0.0693. The van der Waals surface area contributed by atoms with Crippen molar-refractivity contribution in [2.75, 3.05) is 6.54 Å². The molecular weight excluding hydrogens is 376 g/mol. The van der Waals surface area contributed by atoms with Crippen molar-refractivity contribution in [2.24, 2.45) is 0 Å². The summed E-state index contributed by atoms with van der Waals surface area (Å²) in [5.41, 5.74) is 2.48. The zero-order chi connectivity index (χ0) is 15.8. The van der Waals surface area contributed by atoms with E-state index in [1.807, 2.05) is 29.2 Å². The lowest BCUT2D eigenvalue weighted by molar-refractivity contribution is 0.0730. The van der Waals surface area contributed by atoms with Gasteiger partial charge < -0.3 is 4.90 Å². The van der Waals surface area contributed by atoms with Gasteiger partial charge in [0.25, 0.3) is 5.91 Å². The predicted molar refractivity (Wildman–Crippen MR) is 91.8 cm³/mol. The van der Waals surface area contributed by atoms with Crippen molar-refractivity contribution in [1.82, 2.24) is 19.9 Å². The standard InChI is InChI=1S/C16H13BrN4OS/c17-12-3-1-2-4-14(12)21-10-13(18-19-21)16(22)20-7-5-15-11(9-20)6-8-23-15/h1-4,6,8,10H,5,7,9H2. The molecule has 0 bridgehead atoms. The van der Waals surface area contributed by atoms with Crippen LogP contribution in [0.2, 0.25) is 0 Å². The van der Waals surface area contributed by atoms with Gasteiger partial charge in [-0.1, -0.05) is 17.3 Å². The number of amides is 1. The van der Waals surface area contributed by atoms with Crippen molar-refractivity contribution in [3.8, 4) is 5.69 Å². The SMILES string of the molecule is O=C(c1cn(-c2ccccc2Br)nn1)N1CCc2sccc2C1. The number of halogens is 1. The lowest BCUT2D eigenvalue weighted by Gasteiger charge is -2.26. The fourth-order valence-electron chi connectivity index (χ4n) is 2.70. The molecule has 0 radical (unpaired) electrons. The first kappa shape index (κ1) is 14.6. The van der Waals surface area contributed by atoms with E-state index < -0.39 is 0 Å². The van der Waals surface area contributed by atoms with E-state index in [0.717, 1.165) is 23.1 Å². The number of hydrogen-bond donors (Lipinski definition) is 0. The van der Waals surface area contributed by atoms with E-state index in [-0.39, 0.29) is 5.91 Å². The van der Waals surface area contributed by atoms with Gasteiger partial charge >= 0.3 is 0 Å². The molecule has 4 rings (SSSR count). The van der Waals surface area contributed by atoms with Crippen LogP contribution in [0.4, 0.5) is 0 Å². The van der Waals surface area contributed by atoms with Crippen LogP contribution in [-0.4, -0.2) is 32.3 Å². The van der Waals surface area contributed by atoms with Gasteiger partial charge in [-0.25, -0.2) is 4.68 Å². The van der Waals surface area contributed by atoms with Crippen molar-refractivity contribution >= 4 is 33.2 Å². The number of rotatable bonds is 2. The second kappa shape index (κ2) is 5.90. The average molecular weight is 389 g/mol. The number of nitrogens with zero attached hydrogens (tertiary/aromatic N) is 4. The molecule has 0 fully saturated rings. The number of fused-ring (bicyclic) bond motifs is 1. The van der Waals surface area contributed by atoms with Gasteiger partial charge in [0.05, 0.1) is 11.9 Å². The van der Waals surface area contributed by atoms with E-state index >= 15 is 0 Å². The highest BCUT2D eigenvalue weighted by Crippen LogP contribution is 2.25. The molecule has 0 aliphatic carbocycles. The molecule has 1 amide bonds. The largest absolute Gasteiger partial charge is 0.332 e. The fourth-order valence-corrected chi connectivity index (χ4v) is 4.06. The molecule has 0 N–H and O–H groups in total. The molecule has 0 unspecified atom stereocenters. The van der Waals surface area contributed by atoms with Crippen LogP contribution in [0.15, 0.2) is 46.4 Å². The molecule has 3 aromatic rings. The first-order valence-corrected chi connectivity index (χ1v) is 8.91. The van der Waals surface area contributed by atoms with Gasteiger partial charge in [-0.3, -0.25) is 4.79 Å². The minimum atomic E-state index is -0.0693. The normalized spacial score (nSPS) is 13.9. The van der Waals surface area contributed by atoms with Gasteiger partial charge in [0.15, 0.2) is 5.69 Å². The average Bonchev–Trinajstić information content (AvgIpc) is 3.23. The zero-order valence-electron chi connectivity index (χ0n) is 12.1. The Hall–Kier alpha value is -1.99. The Labute approximate surface area is 145 Å². The Morgan fingerprint density at radius 1 is 1.26 bits per heavy atom. The molecule has 1 aliphatic heterocycles. The van der Waals surface area contributed by atoms with Gasteiger partial charge in [-0.15, -0.1) is 16.4 Å². The number of hydrogen-bond acceptors (Lipinski definition) is 4. The molecule has 0 saturated heterocycles. The van der Waals surface area contributed by atoms with Crippen LogP contribution in [0.3, 0.4) is 0 Å². The number of para-hydroxylation sites is 1. The summed E-state index contributed by atoms with van der Waals surface area (Å²) in [4.78, 5) is 15.9. The minimum Gasteiger partial charge on any atom is -0.332 e. The summed E-state index contributed by atoms with van der Waals surface area (Å²) < 4.78 is 2.53. The summed E-state index contributed by atoms with van der Waals surface area (Å²) in [6.07, 6.45) is 2.60. The summed E-state index contributed by atoms with van der Waals surface area (Å²) in [7, 11) is 0. The Morgan fingerprint density at radius 2 is 2.13 bits per heavy atom. The van der Waals surface area contributed by atoms with Crippen molar-refractivity contribution in [2.45, 2.75) is 13.0 Å². The molecule has 0 atom stereocenters. The number of aromatic nitrogens is 3. The first-order chi connectivity index (χ1) is 11.2. The second-order valence-corrected chi connectivity index (χ2v) is 7.20. The zero-order valence-corrected chi connectivity index (χ0v) is 14.5. The summed E-state index contributed by atoms with van der Waals surface area (Å²) in [5, 5.41) is 10.2. The fraction of sp³-hybridized carbons (Fsp3) is 0.188. The van der Waals surface area contributed by atoms with Gasteiger partial charge in [0, 0.05) is 22.4 Å². The maximum atomic E-state index is 12.7. The third kappa shape index (κ3) is 2.70. The topological polar surface area (TPSA) is 51.0 Å². The van der Waals surface area contributed by atoms with Crippen molar-refractivity contribution in [3.63, 3.8) is 0 Å². The van der Waals surface area contributed by atoms with E-state index in [0.29, 0.717) is 12.2 Å². The molecule has 7 heteroatoms. The Balaban J connectivity index is 1.58. The van der Waals surface area contributed by atoms with Gasteiger partial charge in [-0.2, -0.15) is 0 Å². The molecule has 116 valence electrons. The van der Waals surface area contributed by atoms with E-state index in [2.05, 4.69) is 37.7 Å². The van der Waals surface area contributed by atoms with E-state index in [4.69, 9.17) is 0 Å². The van der Waals surface area contributed by atoms with Crippen LogP contribution in [-0.2, 0) is 13.0 Å². The summed E-state index contributed by atoms with van der Waals surface area (Å²) >= 11 is 5.25. The van der Waals surface area contributed by atoms with Gasteiger partial charge in [-0.05, 0) is 51.5 Å². The number of carbonyl (C=O) groups is 1. The quantitative estimate of drug-likeness (QED) is 0.676. The monoisotopic (exact) mass is 388 g/mol. The summed E-state index contributed by atoms with van der Waals surface area (Å²) in [6.45, 7) is 1.38. The van der Waals surface area contributed by atoms with Gasteiger partial charge in [0.1, 0.15) is 0 Å². The molecular formula is C16H13BrN4OS. The Morgan fingerprint density at radius 3 is 3.00 bits per heavy atom. The maximum Gasteiger partial charge on any atom is 0.276 e. The maximum absolute atomic E-state index is 12.7. The second-order valence-electron chi connectivity index (χ2n) is 5.35. The Kier molecular flexibility index (Phi) is 3.74. The minimum absolute atomic E-state index is 0.0693. The molecule has 1 aliphatic rings. The first-order valence-electron chi connectivity index (χ1n) is 7.24. The highest BCUT2D eigenvalue weighted by molar-refractivity contribution is 9.10. The molecule has 5 nitrogen and oxygen atoms in total. The number of carbonyl (C=O) groups excluding carboxylic acids is 1. The number of thiophene rings is 1. The van der Waals surface area contributed by atoms with E-state index in [1.54, 1.807) is 22.2 Å². The smallest absolute Gasteiger partial charge is 0.276 e. The van der Waals surface area contributed by atoms with Crippen molar-refractivity contribution in [3.05, 3.63) is 62.5 Å². The lowest BCUT2D eigenvalue weighted by atomic mass is 10.1. The number of benzene rings is 1. The molecule has 1 aromatic carbocycles. The van der Waals surface area contributed by atoms with Crippen molar-refractivity contribution < 1.29 is 4.79 Å². The van der Waals surface area contributed by atoms with Crippen LogP contribution in [0.25, 0.3) is 5.69 Å². The molecule has 0 saturated carbocycles. The highest BCUT2D eigenvalue weighted by Gasteiger charge is 2.24. The van der Waals surface area contributed by atoms with Crippen LogP contribution in [0, 0.1) is 0 Å². The van der Waals surface area contributed by atoms with Gasteiger partial charge in [0.2, 0.25) is 0 Å². The molecule has 2 aromatic heterocycles. The highest BCUT2D eigenvalue weighted by atomic mass is 79.9. The molecule has 3 heterocycles.